The molecule has 3 amide bonds. The van der Waals surface area contributed by atoms with E-state index < -0.39 is 23.8 Å². The summed E-state index contributed by atoms with van der Waals surface area (Å²) in [6, 6.07) is 17.7. The summed E-state index contributed by atoms with van der Waals surface area (Å²) in [6.07, 6.45) is 0.755. The Bertz CT molecular complexity index is 784. The highest BCUT2D eigenvalue weighted by molar-refractivity contribution is 6.08. The minimum atomic E-state index is -1.15. The lowest BCUT2D eigenvalue weighted by Crippen LogP contribution is -2.63. The highest BCUT2D eigenvalue weighted by Crippen LogP contribution is 2.28. The molecule has 2 N–H and O–H groups in total. The molecule has 2 aromatic carbocycles. The molecule has 1 aliphatic rings. The standard InChI is InChI=1S/C22H25N3O3/c1-2-13-23-20(26)19-21(27)24-14-15-25(19)22(28)18(16-9-5-3-6-10-16)17-11-7-4-8-12-17/h3-12,18-19H,2,13-15H2,1H3,(H,23,26)(H,24,27). The molecule has 0 aliphatic carbocycles. The topological polar surface area (TPSA) is 78.5 Å². The molecular formula is C22H25N3O3. The Hall–Kier alpha value is -3.15. The average Bonchev–Trinajstić information content (AvgIpc) is 2.73. The summed E-state index contributed by atoms with van der Waals surface area (Å²) in [5.74, 6) is -1.70. The average molecular weight is 379 g/mol. The maximum atomic E-state index is 13.6. The van der Waals surface area contributed by atoms with Gasteiger partial charge in [0.05, 0.1) is 5.92 Å². The van der Waals surface area contributed by atoms with Crippen LogP contribution in [0, 0.1) is 0 Å². The van der Waals surface area contributed by atoms with Gasteiger partial charge in [0, 0.05) is 19.6 Å². The van der Waals surface area contributed by atoms with E-state index in [1.165, 1.54) is 4.90 Å². The van der Waals surface area contributed by atoms with Crippen molar-refractivity contribution in [2.45, 2.75) is 25.3 Å². The Morgan fingerprint density at radius 1 is 1.07 bits per heavy atom. The fraction of sp³-hybridized carbons (Fsp3) is 0.318. The molecule has 1 saturated heterocycles. The van der Waals surface area contributed by atoms with Crippen molar-refractivity contribution in [3.8, 4) is 0 Å². The number of amides is 3. The van der Waals surface area contributed by atoms with Gasteiger partial charge in [0.2, 0.25) is 5.91 Å². The summed E-state index contributed by atoms with van der Waals surface area (Å²) in [7, 11) is 0. The van der Waals surface area contributed by atoms with Crippen molar-refractivity contribution >= 4 is 17.7 Å². The molecule has 2 aromatic rings. The largest absolute Gasteiger partial charge is 0.354 e. The third-order valence-electron chi connectivity index (χ3n) is 4.81. The Morgan fingerprint density at radius 2 is 1.64 bits per heavy atom. The number of piperazine rings is 1. The van der Waals surface area contributed by atoms with Crippen LogP contribution in [0.1, 0.15) is 30.4 Å². The van der Waals surface area contributed by atoms with Crippen LogP contribution in [0.3, 0.4) is 0 Å². The second kappa shape index (κ2) is 9.17. The lowest BCUT2D eigenvalue weighted by molar-refractivity contribution is -0.150. The van der Waals surface area contributed by atoms with Gasteiger partial charge >= 0.3 is 0 Å². The number of nitrogens with one attached hydrogen (secondary N) is 2. The number of carbonyl (C=O) groups is 3. The van der Waals surface area contributed by atoms with Crippen LogP contribution in [0.15, 0.2) is 60.7 Å². The van der Waals surface area contributed by atoms with Crippen LogP contribution in [-0.2, 0) is 14.4 Å². The van der Waals surface area contributed by atoms with E-state index in [-0.39, 0.29) is 5.91 Å². The summed E-state index contributed by atoms with van der Waals surface area (Å²) < 4.78 is 0. The van der Waals surface area contributed by atoms with Gasteiger partial charge in [0.1, 0.15) is 0 Å². The number of hydrogen-bond donors (Lipinski definition) is 2. The van der Waals surface area contributed by atoms with Crippen LogP contribution in [0.5, 0.6) is 0 Å². The number of nitrogens with zero attached hydrogens (tertiary/aromatic N) is 1. The first-order valence-corrected chi connectivity index (χ1v) is 9.59. The molecule has 1 aliphatic heterocycles. The maximum absolute atomic E-state index is 13.6. The Balaban J connectivity index is 1.96. The molecule has 6 nitrogen and oxygen atoms in total. The molecular weight excluding hydrogens is 354 g/mol. The van der Waals surface area contributed by atoms with Crippen molar-refractivity contribution < 1.29 is 14.4 Å². The number of benzene rings is 2. The van der Waals surface area contributed by atoms with Gasteiger partial charge in [-0.05, 0) is 17.5 Å². The summed E-state index contributed by atoms with van der Waals surface area (Å²) in [5.41, 5.74) is 1.66. The van der Waals surface area contributed by atoms with Crippen molar-refractivity contribution in [3.05, 3.63) is 71.8 Å². The van der Waals surface area contributed by atoms with Crippen molar-refractivity contribution in [1.82, 2.24) is 15.5 Å². The van der Waals surface area contributed by atoms with Gasteiger partial charge in [-0.15, -0.1) is 0 Å². The van der Waals surface area contributed by atoms with Gasteiger partial charge in [0.15, 0.2) is 6.04 Å². The van der Waals surface area contributed by atoms with Crippen molar-refractivity contribution in [2.75, 3.05) is 19.6 Å². The molecule has 1 fully saturated rings. The predicted molar refractivity (Wildman–Crippen MR) is 107 cm³/mol. The van der Waals surface area contributed by atoms with Gasteiger partial charge in [-0.1, -0.05) is 67.6 Å². The van der Waals surface area contributed by atoms with Crippen LogP contribution in [0.4, 0.5) is 0 Å². The zero-order valence-corrected chi connectivity index (χ0v) is 15.9. The van der Waals surface area contributed by atoms with Gasteiger partial charge in [0.25, 0.3) is 11.8 Å². The van der Waals surface area contributed by atoms with Crippen LogP contribution >= 0.6 is 0 Å². The smallest absolute Gasteiger partial charge is 0.252 e. The summed E-state index contributed by atoms with van der Waals surface area (Å²) >= 11 is 0. The van der Waals surface area contributed by atoms with E-state index in [0.29, 0.717) is 19.6 Å². The fourth-order valence-electron chi connectivity index (χ4n) is 3.44. The summed E-state index contributed by atoms with van der Waals surface area (Å²) in [5, 5.41) is 5.44. The van der Waals surface area contributed by atoms with Gasteiger partial charge < -0.3 is 15.5 Å². The zero-order valence-electron chi connectivity index (χ0n) is 15.9. The van der Waals surface area contributed by atoms with E-state index in [9.17, 15) is 14.4 Å². The molecule has 1 unspecified atom stereocenters. The highest BCUT2D eigenvalue weighted by atomic mass is 16.2. The zero-order chi connectivity index (χ0) is 19.9. The molecule has 0 radical (unpaired) electrons. The van der Waals surface area contributed by atoms with Crippen molar-refractivity contribution in [3.63, 3.8) is 0 Å². The minimum absolute atomic E-state index is 0.246. The normalized spacial score (nSPS) is 16.6. The number of rotatable bonds is 6. The molecule has 0 aromatic heterocycles. The number of hydrogen-bond acceptors (Lipinski definition) is 3. The summed E-state index contributed by atoms with van der Waals surface area (Å²) in [6.45, 7) is 3.03. The lowest BCUT2D eigenvalue weighted by Gasteiger charge is -2.36. The third-order valence-corrected chi connectivity index (χ3v) is 4.81. The van der Waals surface area contributed by atoms with Crippen LogP contribution < -0.4 is 10.6 Å². The fourth-order valence-corrected chi connectivity index (χ4v) is 3.44. The second-order valence-electron chi connectivity index (χ2n) is 6.77. The van der Waals surface area contributed by atoms with E-state index in [2.05, 4.69) is 10.6 Å². The van der Waals surface area contributed by atoms with Crippen molar-refractivity contribution in [2.24, 2.45) is 0 Å². The minimum Gasteiger partial charge on any atom is -0.354 e. The molecule has 1 atom stereocenters. The Labute approximate surface area is 164 Å². The van der Waals surface area contributed by atoms with Gasteiger partial charge in [-0.2, -0.15) is 0 Å². The number of carbonyl (C=O) groups excluding carboxylic acids is 3. The molecule has 3 rings (SSSR count). The van der Waals surface area contributed by atoms with E-state index in [4.69, 9.17) is 0 Å². The van der Waals surface area contributed by atoms with Crippen molar-refractivity contribution in [1.29, 1.82) is 0 Å². The molecule has 6 heteroatoms. The molecule has 0 saturated carbocycles. The highest BCUT2D eigenvalue weighted by Gasteiger charge is 2.41. The molecule has 28 heavy (non-hydrogen) atoms. The summed E-state index contributed by atoms with van der Waals surface area (Å²) in [4.78, 5) is 40.1. The molecule has 0 spiro atoms. The first-order valence-electron chi connectivity index (χ1n) is 9.59. The first kappa shape index (κ1) is 19.6. The third kappa shape index (κ3) is 4.22. The van der Waals surface area contributed by atoms with Crippen LogP contribution in [-0.4, -0.2) is 48.3 Å². The Kier molecular flexibility index (Phi) is 6.42. The second-order valence-corrected chi connectivity index (χ2v) is 6.77. The van der Waals surface area contributed by atoms with E-state index >= 15 is 0 Å². The SMILES string of the molecule is CCCNC(=O)C1C(=O)NCCN1C(=O)C(c1ccccc1)c1ccccc1. The van der Waals surface area contributed by atoms with E-state index in [0.717, 1.165) is 17.5 Å². The molecule has 0 bridgehead atoms. The van der Waals surface area contributed by atoms with Gasteiger partial charge in [-0.25, -0.2) is 0 Å². The predicted octanol–water partition coefficient (Wildman–Crippen LogP) is 1.67. The molecule has 1 heterocycles. The maximum Gasteiger partial charge on any atom is 0.252 e. The first-order chi connectivity index (χ1) is 13.6. The Morgan fingerprint density at radius 3 is 2.18 bits per heavy atom. The lowest BCUT2D eigenvalue weighted by atomic mass is 9.89. The van der Waals surface area contributed by atoms with Crippen LogP contribution in [0.25, 0.3) is 0 Å². The quantitative estimate of drug-likeness (QED) is 0.750. The van der Waals surface area contributed by atoms with E-state index in [1.54, 1.807) is 0 Å². The van der Waals surface area contributed by atoms with Gasteiger partial charge in [-0.3, -0.25) is 14.4 Å². The monoisotopic (exact) mass is 379 g/mol. The molecule has 146 valence electrons. The van der Waals surface area contributed by atoms with Crippen LogP contribution in [0.2, 0.25) is 0 Å². The van der Waals surface area contributed by atoms with E-state index in [1.807, 2.05) is 67.6 Å².